The first-order chi connectivity index (χ1) is 7.39. The Morgan fingerprint density at radius 1 is 1.44 bits per heavy atom. The number of carbonyl (C=O) groups is 1. The summed E-state index contributed by atoms with van der Waals surface area (Å²) in [6, 6.07) is 0.276. The average molecular weight is 226 g/mol. The topological polar surface area (TPSA) is 50.4 Å². The molecule has 0 radical (unpaired) electrons. The van der Waals surface area contributed by atoms with Gasteiger partial charge in [0.15, 0.2) is 0 Å². The van der Waals surface area contributed by atoms with Crippen LogP contribution in [0.25, 0.3) is 0 Å². The third-order valence-electron chi connectivity index (χ3n) is 3.20. The molecule has 1 spiro atoms. The van der Waals surface area contributed by atoms with Crippen molar-refractivity contribution in [2.75, 3.05) is 6.54 Å². The highest BCUT2D eigenvalue weighted by Crippen LogP contribution is 2.41. The standard InChI is InChI=1S/C12H22N2O2/c1-11(2,3)16-10(15)14-9-4-7-13-12(8-9)5-6-12/h9,13H,4-8H2,1-3H3,(H,14,15). The van der Waals surface area contributed by atoms with E-state index in [2.05, 4.69) is 10.6 Å². The first kappa shape index (κ1) is 11.7. The van der Waals surface area contributed by atoms with Gasteiger partial charge in [0, 0.05) is 11.6 Å². The number of nitrogens with one attached hydrogen (secondary N) is 2. The van der Waals surface area contributed by atoms with Crippen LogP contribution < -0.4 is 10.6 Å². The van der Waals surface area contributed by atoms with E-state index in [1.165, 1.54) is 12.8 Å². The Kier molecular flexibility index (Phi) is 2.86. The minimum atomic E-state index is -0.408. The van der Waals surface area contributed by atoms with E-state index in [0.717, 1.165) is 19.4 Å². The Labute approximate surface area is 97.1 Å². The Hall–Kier alpha value is -0.770. The second-order valence-electron chi connectivity index (χ2n) is 6.04. The first-order valence-electron chi connectivity index (χ1n) is 6.13. The molecule has 1 saturated carbocycles. The average Bonchev–Trinajstić information content (AvgIpc) is 2.81. The summed E-state index contributed by atoms with van der Waals surface area (Å²) in [4.78, 5) is 11.6. The molecule has 1 aliphatic carbocycles. The largest absolute Gasteiger partial charge is 0.444 e. The van der Waals surface area contributed by atoms with Crippen LogP contribution in [0.15, 0.2) is 0 Å². The van der Waals surface area contributed by atoms with Gasteiger partial charge >= 0.3 is 6.09 Å². The van der Waals surface area contributed by atoms with Crippen molar-refractivity contribution in [3.63, 3.8) is 0 Å². The fourth-order valence-corrected chi connectivity index (χ4v) is 2.29. The van der Waals surface area contributed by atoms with E-state index >= 15 is 0 Å². The van der Waals surface area contributed by atoms with E-state index < -0.39 is 5.60 Å². The van der Waals surface area contributed by atoms with Crippen LogP contribution in [0.4, 0.5) is 4.79 Å². The predicted molar refractivity (Wildman–Crippen MR) is 62.4 cm³/mol. The molecule has 1 aliphatic heterocycles. The van der Waals surface area contributed by atoms with Gasteiger partial charge in [-0.25, -0.2) is 4.79 Å². The predicted octanol–water partition coefficient (Wildman–Crippen LogP) is 1.80. The third kappa shape index (κ3) is 3.11. The molecule has 2 fully saturated rings. The number of hydrogen-bond acceptors (Lipinski definition) is 3. The maximum Gasteiger partial charge on any atom is 0.407 e. The van der Waals surface area contributed by atoms with E-state index in [1.807, 2.05) is 20.8 Å². The highest BCUT2D eigenvalue weighted by molar-refractivity contribution is 5.68. The van der Waals surface area contributed by atoms with E-state index in [0.29, 0.717) is 5.54 Å². The summed E-state index contributed by atoms with van der Waals surface area (Å²) in [5.41, 5.74) is -0.0633. The van der Waals surface area contributed by atoms with Crippen LogP contribution in [-0.4, -0.2) is 29.8 Å². The SMILES string of the molecule is CC(C)(C)OC(=O)NC1CCNC2(CC2)C1. The van der Waals surface area contributed by atoms with Crippen molar-refractivity contribution in [2.24, 2.45) is 0 Å². The third-order valence-corrected chi connectivity index (χ3v) is 3.20. The fraction of sp³-hybridized carbons (Fsp3) is 0.917. The lowest BCUT2D eigenvalue weighted by atomic mass is 9.98. The highest BCUT2D eigenvalue weighted by Gasteiger charge is 2.46. The monoisotopic (exact) mass is 226 g/mol. The zero-order chi connectivity index (χ0) is 11.8. The molecule has 1 amide bonds. The van der Waals surface area contributed by atoms with Crippen molar-refractivity contribution in [1.82, 2.24) is 10.6 Å². The molecule has 1 atom stereocenters. The number of ether oxygens (including phenoxy) is 1. The summed E-state index contributed by atoms with van der Waals surface area (Å²) in [6.45, 7) is 6.66. The van der Waals surface area contributed by atoms with Gasteiger partial charge in [-0.1, -0.05) is 0 Å². The van der Waals surface area contributed by atoms with Gasteiger partial charge in [0.1, 0.15) is 5.60 Å². The lowest BCUT2D eigenvalue weighted by Gasteiger charge is -2.31. The van der Waals surface area contributed by atoms with Gasteiger partial charge < -0.3 is 15.4 Å². The lowest BCUT2D eigenvalue weighted by molar-refractivity contribution is 0.0488. The minimum Gasteiger partial charge on any atom is -0.444 e. The molecule has 2 N–H and O–H groups in total. The number of piperidine rings is 1. The molecular weight excluding hydrogens is 204 g/mol. The van der Waals surface area contributed by atoms with Crippen LogP contribution in [-0.2, 0) is 4.74 Å². The van der Waals surface area contributed by atoms with Crippen LogP contribution in [0.2, 0.25) is 0 Å². The Morgan fingerprint density at radius 2 is 2.12 bits per heavy atom. The Morgan fingerprint density at radius 3 is 2.69 bits per heavy atom. The molecular formula is C12H22N2O2. The second kappa shape index (κ2) is 3.91. The number of rotatable bonds is 1. The second-order valence-corrected chi connectivity index (χ2v) is 6.04. The molecule has 4 heteroatoms. The molecule has 16 heavy (non-hydrogen) atoms. The van der Waals surface area contributed by atoms with Crippen molar-refractivity contribution in [3.8, 4) is 0 Å². The van der Waals surface area contributed by atoms with Crippen molar-refractivity contribution >= 4 is 6.09 Å². The fourth-order valence-electron chi connectivity index (χ4n) is 2.29. The smallest absolute Gasteiger partial charge is 0.407 e. The van der Waals surface area contributed by atoms with Crippen LogP contribution in [0, 0.1) is 0 Å². The van der Waals surface area contributed by atoms with Crippen molar-refractivity contribution in [3.05, 3.63) is 0 Å². The summed E-state index contributed by atoms with van der Waals surface area (Å²) >= 11 is 0. The molecule has 1 heterocycles. The molecule has 1 saturated heterocycles. The molecule has 2 aliphatic rings. The van der Waals surface area contributed by atoms with E-state index in [9.17, 15) is 4.79 Å². The molecule has 4 nitrogen and oxygen atoms in total. The summed E-state index contributed by atoms with van der Waals surface area (Å²) in [5, 5.41) is 6.50. The van der Waals surface area contributed by atoms with Gasteiger partial charge in [-0.05, 0) is 53.0 Å². The summed E-state index contributed by atoms with van der Waals surface area (Å²) < 4.78 is 5.26. The van der Waals surface area contributed by atoms with E-state index in [-0.39, 0.29) is 12.1 Å². The maximum atomic E-state index is 11.6. The summed E-state index contributed by atoms with van der Waals surface area (Å²) in [6.07, 6.45) is 4.27. The van der Waals surface area contributed by atoms with Gasteiger partial charge in [-0.2, -0.15) is 0 Å². The normalized spacial score (nSPS) is 27.6. The van der Waals surface area contributed by atoms with Gasteiger partial charge in [-0.15, -0.1) is 0 Å². The number of carbonyl (C=O) groups excluding carboxylic acids is 1. The number of amides is 1. The van der Waals surface area contributed by atoms with Crippen molar-refractivity contribution < 1.29 is 9.53 Å². The van der Waals surface area contributed by atoms with Gasteiger partial charge in [-0.3, -0.25) is 0 Å². The number of alkyl carbamates (subject to hydrolysis) is 1. The zero-order valence-corrected chi connectivity index (χ0v) is 10.4. The van der Waals surface area contributed by atoms with Crippen LogP contribution in [0.3, 0.4) is 0 Å². The molecule has 1 unspecified atom stereocenters. The van der Waals surface area contributed by atoms with Crippen LogP contribution >= 0.6 is 0 Å². The quantitative estimate of drug-likeness (QED) is 0.716. The highest BCUT2D eigenvalue weighted by atomic mass is 16.6. The van der Waals surface area contributed by atoms with Crippen LogP contribution in [0.5, 0.6) is 0 Å². The van der Waals surface area contributed by atoms with Gasteiger partial charge in [0.05, 0.1) is 0 Å². The minimum absolute atomic E-state index is 0.276. The van der Waals surface area contributed by atoms with Gasteiger partial charge in [0.25, 0.3) is 0 Å². The molecule has 0 aromatic carbocycles. The van der Waals surface area contributed by atoms with Crippen LogP contribution in [0.1, 0.15) is 46.5 Å². The van der Waals surface area contributed by atoms with Crippen molar-refractivity contribution in [1.29, 1.82) is 0 Å². The Balaban J connectivity index is 1.78. The first-order valence-corrected chi connectivity index (χ1v) is 6.13. The van der Waals surface area contributed by atoms with E-state index in [1.54, 1.807) is 0 Å². The molecule has 0 bridgehead atoms. The Bertz CT molecular complexity index is 279. The molecule has 0 aromatic rings. The van der Waals surface area contributed by atoms with Crippen molar-refractivity contribution in [2.45, 2.75) is 63.6 Å². The van der Waals surface area contributed by atoms with E-state index in [4.69, 9.17) is 4.74 Å². The zero-order valence-electron chi connectivity index (χ0n) is 10.4. The summed E-state index contributed by atoms with van der Waals surface area (Å²) in [7, 11) is 0. The molecule has 0 aromatic heterocycles. The molecule has 92 valence electrons. The summed E-state index contributed by atoms with van der Waals surface area (Å²) in [5.74, 6) is 0. The van der Waals surface area contributed by atoms with Gasteiger partial charge in [0.2, 0.25) is 0 Å². The molecule has 2 rings (SSSR count). The number of hydrogen-bond donors (Lipinski definition) is 2. The maximum absolute atomic E-state index is 11.6. The lowest BCUT2D eigenvalue weighted by Crippen LogP contribution is -2.50.